The zero-order chi connectivity index (χ0) is 12.4. The maximum absolute atomic E-state index is 10.9. The van der Waals surface area contributed by atoms with Crippen molar-refractivity contribution in [3.63, 3.8) is 0 Å². The molecule has 2 aromatic rings. The molecule has 0 bridgehead atoms. The largest absolute Gasteiger partial charge is 0.481 e. The second-order valence-electron chi connectivity index (χ2n) is 4.00. The first kappa shape index (κ1) is 11.8. The third kappa shape index (κ3) is 2.53. The summed E-state index contributed by atoms with van der Waals surface area (Å²) in [4.78, 5) is 15.2. The van der Waals surface area contributed by atoms with Gasteiger partial charge >= 0.3 is 5.97 Å². The number of hydrogen-bond donors (Lipinski definition) is 1. The van der Waals surface area contributed by atoms with Gasteiger partial charge in [-0.3, -0.25) is 4.79 Å². The lowest BCUT2D eigenvalue weighted by Crippen LogP contribution is -2.06. The molecule has 1 N–H and O–H groups in total. The molecule has 17 heavy (non-hydrogen) atoms. The molecule has 1 heterocycles. The SMILES string of the molecule is Cc1ccc(-c2csc(C(C)C(=O)O)n2)cc1. The first-order valence-electron chi connectivity index (χ1n) is 5.33. The van der Waals surface area contributed by atoms with E-state index >= 15 is 0 Å². The molecule has 4 heteroatoms. The van der Waals surface area contributed by atoms with Crippen molar-refractivity contribution in [3.8, 4) is 11.3 Å². The summed E-state index contributed by atoms with van der Waals surface area (Å²) < 4.78 is 0. The fraction of sp³-hybridized carbons (Fsp3) is 0.231. The van der Waals surface area contributed by atoms with Crippen molar-refractivity contribution < 1.29 is 9.90 Å². The van der Waals surface area contributed by atoms with Gasteiger partial charge in [0, 0.05) is 10.9 Å². The van der Waals surface area contributed by atoms with E-state index in [1.54, 1.807) is 6.92 Å². The molecule has 1 aromatic heterocycles. The highest BCUT2D eigenvalue weighted by Gasteiger charge is 2.17. The van der Waals surface area contributed by atoms with Crippen molar-refractivity contribution in [1.29, 1.82) is 0 Å². The minimum absolute atomic E-state index is 0.542. The van der Waals surface area contributed by atoms with Crippen LogP contribution in [-0.4, -0.2) is 16.1 Å². The second kappa shape index (κ2) is 4.67. The maximum atomic E-state index is 10.9. The Kier molecular flexibility index (Phi) is 3.24. The Labute approximate surface area is 104 Å². The topological polar surface area (TPSA) is 50.2 Å². The number of carbonyl (C=O) groups is 1. The molecule has 3 nitrogen and oxygen atoms in total. The van der Waals surface area contributed by atoms with Crippen molar-refractivity contribution in [2.75, 3.05) is 0 Å². The van der Waals surface area contributed by atoms with Gasteiger partial charge < -0.3 is 5.11 Å². The fourth-order valence-corrected chi connectivity index (χ4v) is 2.33. The molecular formula is C13H13NO2S. The number of rotatable bonds is 3. The van der Waals surface area contributed by atoms with Gasteiger partial charge in [-0.25, -0.2) is 4.98 Å². The number of carboxylic acid groups (broad SMARTS) is 1. The van der Waals surface area contributed by atoms with Crippen molar-refractivity contribution in [2.45, 2.75) is 19.8 Å². The van der Waals surface area contributed by atoms with Gasteiger partial charge in [0.15, 0.2) is 0 Å². The Hall–Kier alpha value is -1.68. The molecule has 0 spiro atoms. The molecule has 0 aliphatic heterocycles. The van der Waals surface area contributed by atoms with Gasteiger partial charge in [-0.05, 0) is 13.8 Å². The van der Waals surface area contributed by atoms with E-state index in [1.807, 2.05) is 36.6 Å². The van der Waals surface area contributed by atoms with E-state index < -0.39 is 11.9 Å². The Morgan fingerprint density at radius 1 is 1.35 bits per heavy atom. The van der Waals surface area contributed by atoms with Crippen LogP contribution in [0, 0.1) is 6.92 Å². The summed E-state index contributed by atoms with van der Waals surface area (Å²) in [6.07, 6.45) is 0. The second-order valence-corrected chi connectivity index (χ2v) is 4.89. The monoisotopic (exact) mass is 247 g/mol. The van der Waals surface area contributed by atoms with Crippen LogP contribution in [0.3, 0.4) is 0 Å². The van der Waals surface area contributed by atoms with Crippen LogP contribution in [0.15, 0.2) is 29.6 Å². The van der Waals surface area contributed by atoms with Gasteiger partial charge in [0.2, 0.25) is 0 Å². The average molecular weight is 247 g/mol. The Bertz CT molecular complexity index is 531. The van der Waals surface area contributed by atoms with Gasteiger partial charge in [0.1, 0.15) is 10.9 Å². The first-order valence-corrected chi connectivity index (χ1v) is 6.21. The lowest BCUT2D eigenvalue weighted by atomic mass is 10.1. The highest BCUT2D eigenvalue weighted by Crippen LogP contribution is 2.26. The molecule has 0 aliphatic rings. The summed E-state index contributed by atoms with van der Waals surface area (Å²) in [5, 5.41) is 11.5. The van der Waals surface area contributed by atoms with Crippen molar-refractivity contribution in [2.24, 2.45) is 0 Å². The summed E-state index contributed by atoms with van der Waals surface area (Å²) in [6.45, 7) is 3.68. The third-order valence-corrected chi connectivity index (χ3v) is 3.64. The lowest BCUT2D eigenvalue weighted by molar-refractivity contribution is -0.138. The van der Waals surface area contributed by atoms with Crippen LogP contribution in [0.5, 0.6) is 0 Å². The van der Waals surface area contributed by atoms with Crippen molar-refractivity contribution in [1.82, 2.24) is 4.98 Å². The first-order chi connectivity index (χ1) is 8.08. The number of aliphatic carboxylic acids is 1. The van der Waals surface area contributed by atoms with Crippen LogP contribution >= 0.6 is 11.3 Å². The van der Waals surface area contributed by atoms with Gasteiger partial charge in [-0.2, -0.15) is 0 Å². The fourth-order valence-electron chi connectivity index (χ4n) is 1.45. The smallest absolute Gasteiger partial charge is 0.313 e. The Balaban J connectivity index is 2.29. The molecule has 88 valence electrons. The van der Waals surface area contributed by atoms with Crippen LogP contribution in [0.2, 0.25) is 0 Å². The Morgan fingerprint density at radius 2 is 2.00 bits per heavy atom. The van der Waals surface area contributed by atoms with Gasteiger partial charge in [0.05, 0.1) is 5.69 Å². The quantitative estimate of drug-likeness (QED) is 0.905. The number of carboxylic acids is 1. The number of nitrogens with zero attached hydrogens (tertiary/aromatic N) is 1. The zero-order valence-electron chi connectivity index (χ0n) is 9.68. The molecule has 1 atom stereocenters. The number of aromatic nitrogens is 1. The standard InChI is InChI=1S/C13H13NO2S/c1-8-3-5-10(6-4-8)11-7-17-12(14-11)9(2)13(15)16/h3-7,9H,1-2H3,(H,15,16). The molecule has 0 fully saturated rings. The molecule has 0 saturated heterocycles. The molecule has 0 saturated carbocycles. The van der Waals surface area contributed by atoms with E-state index in [2.05, 4.69) is 4.98 Å². The molecular weight excluding hydrogens is 234 g/mol. The molecule has 0 amide bonds. The molecule has 0 radical (unpaired) electrons. The van der Waals surface area contributed by atoms with Crippen LogP contribution in [-0.2, 0) is 4.79 Å². The predicted octanol–water partition coefficient (Wildman–Crippen LogP) is 3.31. The summed E-state index contributed by atoms with van der Waals surface area (Å²) in [6, 6.07) is 8.04. The van der Waals surface area contributed by atoms with Crippen LogP contribution in [0.1, 0.15) is 23.4 Å². The number of benzene rings is 1. The molecule has 1 unspecified atom stereocenters. The number of hydrogen-bond acceptors (Lipinski definition) is 3. The normalized spacial score (nSPS) is 12.4. The highest BCUT2D eigenvalue weighted by atomic mass is 32.1. The minimum Gasteiger partial charge on any atom is -0.481 e. The predicted molar refractivity (Wildman–Crippen MR) is 68.3 cm³/mol. The molecule has 1 aromatic carbocycles. The average Bonchev–Trinajstić information content (AvgIpc) is 2.78. The van der Waals surface area contributed by atoms with E-state index in [4.69, 9.17) is 5.11 Å². The van der Waals surface area contributed by atoms with E-state index in [1.165, 1.54) is 16.9 Å². The van der Waals surface area contributed by atoms with E-state index in [-0.39, 0.29) is 0 Å². The molecule has 2 rings (SSSR count). The van der Waals surface area contributed by atoms with Crippen molar-refractivity contribution >= 4 is 17.3 Å². The third-order valence-electron chi connectivity index (χ3n) is 2.61. The summed E-state index contributed by atoms with van der Waals surface area (Å²) in [5.41, 5.74) is 3.07. The van der Waals surface area contributed by atoms with E-state index in [0.717, 1.165) is 11.3 Å². The van der Waals surface area contributed by atoms with E-state index in [0.29, 0.717) is 5.01 Å². The van der Waals surface area contributed by atoms with Gasteiger partial charge in [-0.15, -0.1) is 11.3 Å². The Morgan fingerprint density at radius 3 is 2.59 bits per heavy atom. The zero-order valence-corrected chi connectivity index (χ0v) is 10.5. The summed E-state index contributed by atoms with van der Waals surface area (Å²) in [5.74, 6) is -1.38. The van der Waals surface area contributed by atoms with E-state index in [9.17, 15) is 4.79 Å². The summed E-state index contributed by atoms with van der Waals surface area (Å²) >= 11 is 1.39. The number of thiazole rings is 1. The maximum Gasteiger partial charge on any atom is 0.313 e. The summed E-state index contributed by atoms with van der Waals surface area (Å²) in [7, 11) is 0. The van der Waals surface area contributed by atoms with Crippen LogP contribution < -0.4 is 0 Å². The van der Waals surface area contributed by atoms with Crippen LogP contribution in [0.4, 0.5) is 0 Å². The minimum atomic E-state index is -0.838. The number of aryl methyl sites for hydroxylation is 1. The lowest BCUT2D eigenvalue weighted by Gasteiger charge is -2.00. The van der Waals surface area contributed by atoms with Crippen molar-refractivity contribution in [3.05, 3.63) is 40.2 Å². The van der Waals surface area contributed by atoms with Crippen LogP contribution in [0.25, 0.3) is 11.3 Å². The van der Waals surface area contributed by atoms with Gasteiger partial charge in [0.25, 0.3) is 0 Å². The molecule has 0 aliphatic carbocycles. The van der Waals surface area contributed by atoms with Gasteiger partial charge in [-0.1, -0.05) is 29.8 Å². The highest BCUT2D eigenvalue weighted by molar-refractivity contribution is 7.10.